The van der Waals surface area contributed by atoms with E-state index >= 15 is 0 Å². The predicted octanol–water partition coefficient (Wildman–Crippen LogP) is 3.20. The van der Waals surface area contributed by atoms with Gasteiger partial charge in [0.15, 0.2) is 0 Å². The molecule has 0 saturated heterocycles. The Kier molecular flexibility index (Phi) is 5.18. The largest absolute Gasteiger partial charge is 0.481 e. The smallest absolute Gasteiger partial charge is 0.310 e. The van der Waals surface area contributed by atoms with E-state index in [4.69, 9.17) is 0 Å². The molecule has 0 unspecified atom stereocenters. The van der Waals surface area contributed by atoms with E-state index in [0.717, 1.165) is 38.6 Å². The minimum atomic E-state index is -0.608. The average molecular weight is 275 g/mol. The van der Waals surface area contributed by atoms with Gasteiger partial charge in [-0.05, 0) is 31.9 Å². The molecule has 0 bridgehead atoms. The minimum Gasteiger partial charge on any atom is -0.481 e. The first-order valence-corrected chi connectivity index (χ1v) is 7.58. The number of benzene rings is 1. The number of aliphatic carboxylic acids is 1. The fourth-order valence-electron chi connectivity index (χ4n) is 3.23. The molecule has 0 heterocycles. The van der Waals surface area contributed by atoms with Crippen molar-refractivity contribution in [3.8, 4) is 0 Å². The summed E-state index contributed by atoms with van der Waals surface area (Å²) in [5.41, 5.74) is 0.802. The summed E-state index contributed by atoms with van der Waals surface area (Å²) in [6.07, 6.45) is 5.93. The zero-order valence-electron chi connectivity index (χ0n) is 12.3. The molecule has 1 aliphatic rings. The Hall–Kier alpha value is -1.35. The molecule has 3 heteroatoms. The summed E-state index contributed by atoms with van der Waals surface area (Å²) in [5, 5.41) is 9.60. The Bertz CT molecular complexity index is 424. The molecule has 0 radical (unpaired) electrons. The van der Waals surface area contributed by atoms with Crippen LogP contribution in [0.25, 0.3) is 0 Å². The van der Waals surface area contributed by atoms with E-state index in [-0.39, 0.29) is 0 Å². The predicted molar refractivity (Wildman–Crippen MR) is 80.8 cm³/mol. The Morgan fingerprint density at radius 2 is 1.85 bits per heavy atom. The second-order valence-corrected chi connectivity index (χ2v) is 6.12. The lowest BCUT2D eigenvalue weighted by atomic mass is 9.73. The second kappa shape index (κ2) is 6.89. The maximum Gasteiger partial charge on any atom is 0.310 e. The molecule has 0 aliphatic heterocycles. The first kappa shape index (κ1) is 15.0. The van der Waals surface area contributed by atoms with E-state index in [9.17, 15) is 9.90 Å². The Morgan fingerprint density at radius 3 is 2.45 bits per heavy atom. The molecule has 0 spiro atoms. The molecule has 1 fully saturated rings. The van der Waals surface area contributed by atoms with Crippen molar-refractivity contribution in [1.82, 2.24) is 4.90 Å². The molecule has 0 atom stereocenters. The maximum absolute atomic E-state index is 11.7. The Labute approximate surface area is 121 Å². The lowest BCUT2D eigenvalue weighted by Crippen LogP contribution is -2.43. The molecule has 0 aromatic heterocycles. The lowest BCUT2D eigenvalue weighted by molar-refractivity contribution is -0.152. The van der Waals surface area contributed by atoms with Crippen molar-refractivity contribution in [2.75, 3.05) is 20.1 Å². The van der Waals surface area contributed by atoms with Gasteiger partial charge < -0.3 is 10.0 Å². The van der Waals surface area contributed by atoms with Crippen LogP contribution in [0.3, 0.4) is 0 Å². The first-order valence-electron chi connectivity index (χ1n) is 7.58. The highest BCUT2D eigenvalue weighted by Gasteiger charge is 2.40. The standard InChI is InChI=1S/C17H25NO2/c1-18(13-10-15-8-4-2-5-9-15)14-17(16(19)20)11-6-3-7-12-17/h2,4-5,8-9H,3,6-7,10-14H2,1H3,(H,19,20). The SMILES string of the molecule is CN(CCc1ccccc1)CC1(C(=O)O)CCCCC1. The van der Waals surface area contributed by atoms with Gasteiger partial charge in [-0.2, -0.15) is 0 Å². The van der Waals surface area contributed by atoms with Gasteiger partial charge in [0.25, 0.3) is 0 Å². The summed E-state index contributed by atoms with van der Waals surface area (Å²) in [5.74, 6) is -0.608. The van der Waals surface area contributed by atoms with Crippen LogP contribution < -0.4 is 0 Å². The fraction of sp³-hybridized carbons (Fsp3) is 0.588. The summed E-state index contributed by atoms with van der Waals surface area (Å²) < 4.78 is 0. The van der Waals surface area contributed by atoms with E-state index in [1.165, 1.54) is 12.0 Å². The van der Waals surface area contributed by atoms with E-state index in [1.54, 1.807) is 0 Å². The summed E-state index contributed by atoms with van der Waals surface area (Å²) in [6, 6.07) is 10.4. The summed E-state index contributed by atoms with van der Waals surface area (Å²) in [7, 11) is 2.04. The minimum absolute atomic E-state index is 0.510. The molecular formula is C17H25NO2. The number of hydrogen-bond donors (Lipinski definition) is 1. The van der Waals surface area contributed by atoms with Crippen molar-refractivity contribution in [2.45, 2.75) is 38.5 Å². The third kappa shape index (κ3) is 3.83. The molecule has 1 N–H and O–H groups in total. The Balaban J connectivity index is 1.88. The summed E-state index contributed by atoms with van der Waals surface area (Å²) >= 11 is 0. The van der Waals surface area contributed by atoms with Crippen LogP contribution in [0.15, 0.2) is 30.3 Å². The maximum atomic E-state index is 11.7. The number of rotatable bonds is 6. The molecule has 20 heavy (non-hydrogen) atoms. The quantitative estimate of drug-likeness (QED) is 0.866. The van der Waals surface area contributed by atoms with Gasteiger partial charge in [-0.25, -0.2) is 0 Å². The van der Waals surface area contributed by atoms with Crippen LogP contribution in [0, 0.1) is 5.41 Å². The van der Waals surface area contributed by atoms with E-state index in [1.807, 2.05) is 13.1 Å². The van der Waals surface area contributed by atoms with Crippen molar-refractivity contribution in [3.63, 3.8) is 0 Å². The first-order chi connectivity index (χ1) is 9.62. The van der Waals surface area contributed by atoms with Gasteiger partial charge in [0.2, 0.25) is 0 Å². The number of carboxylic acid groups (broad SMARTS) is 1. The number of carboxylic acids is 1. The molecule has 1 aromatic carbocycles. The van der Waals surface area contributed by atoms with Crippen LogP contribution >= 0.6 is 0 Å². The van der Waals surface area contributed by atoms with Gasteiger partial charge in [-0.15, -0.1) is 0 Å². The molecule has 3 nitrogen and oxygen atoms in total. The van der Waals surface area contributed by atoms with Crippen molar-refractivity contribution >= 4 is 5.97 Å². The topological polar surface area (TPSA) is 40.5 Å². The van der Waals surface area contributed by atoms with Gasteiger partial charge in [-0.1, -0.05) is 49.6 Å². The number of likely N-dealkylation sites (N-methyl/N-ethyl adjacent to an activating group) is 1. The molecule has 1 aliphatic carbocycles. The number of hydrogen-bond acceptors (Lipinski definition) is 2. The van der Waals surface area contributed by atoms with E-state index in [0.29, 0.717) is 6.54 Å². The second-order valence-electron chi connectivity index (χ2n) is 6.12. The van der Waals surface area contributed by atoms with Gasteiger partial charge in [0.1, 0.15) is 0 Å². The molecule has 110 valence electrons. The van der Waals surface area contributed by atoms with Gasteiger partial charge in [0, 0.05) is 13.1 Å². The zero-order chi connectivity index (χ0) is 14.4. The van der Waals surface area contributed by atoms with Crippen LogP contribution in [0.2, 0.25) is 0 Å². The number of carbonyl (C=O) groups is 1. The van der Waals surface area contributed by atoms with Crippen molar-refractivity contribution in [3.05, 3.63) is 35.9 Å². The van der Waals surface area contributed by atoms with Crippen LogP contribution in [0.4, 0.5) is 0 Å². The monoisotopic (exact) mass is 275 g/mol. The molecular weight excluding hydrogens is 250 g/mol. The van der Waals surface area contributed by atoms with Gasteiger partial charge in [-0.3, -0.25) is 4.79 Å². The third-order valence-corrected chi connectivity index (χ3v) is 4.46. The average Bonchev–Trinajstić information content (AvgIpc) is 2.47. The van der Waals surface area contributed by atoms with Crippen LogP contribution in [-0.2, 0) is 11.2 Å². The van der Waals surface area contributed by atoms with Crippen LogP contribution in [0.1, 0.15) is 37.7 Å². The molecule has 1 saturated carbocycles. The fourth-order valence-corrected chi connectivity index (χ4v) is 3.23. The highest BCUT2D eigenvalue weighted by atomic mass is 16.4. The van der Waals surface area contributed by atoms with Crippen LogP contribution in [0.5, 0.6) is 0 Å². The van der Waals surface area contributed by atoms with Crippen molar-refractivity contribution < 1.29 is 9.90 Å². The van der Waals surface area contributed by atoms with Gasteiger partial charge in [0.05, 0.1) is 5.41 Å². The van der Waals surface area contributed by atoms with Crippen molar-refractivity contribution in [2.24, 2.45) is 5.41 Å². The van der Waals surface area contributed by atoms with Crippen molar-refractivity contribution in [1.29, 1.82) is 0 Å². The van der Waals surface area contributed by atoms with Crippen LogP contribution in [-0.4, -0.2) is 36.1 Å². The Morgan fingerprint density at radius 1 is 1.20 bits per heavy atom. The molecule has 2 rings (SSSR count). The van der Waals surface area contributed by atoms with Gasteiger partial charge >= 0.3 is 5.97 Å². The normalized spacial score (nSPS) is 18.1. The summed E-state index contributed by atoms with van der Waals surface area (Å²) in [4.78, 5) is 13.8. The number of nitrogens with zero attached hydrogens (tertiary/aromatic N) is 1. The molecule has 0 amide bonds. The van der Waals surface area contributed by atoms with E-state index in [2.05, 4.69) is 29.2 Å². The lowest BCUT2D eigenvalue weighted by Gasteiger charge is -2.36. The summed E-state index contributed by atoms with van der Waals surface area (Å²) in [6.45, 7) is 1.59. The highest BCUT2D eigenvalue weighted by molar-refractivity contribution is 5.75. The zero-order valence-corrected chi connectivity index (χ0v) is 12.3. The van der Waals surface area contributed by atoms with E-state index < -0.39 is 11.4 Å². The molecule has 1 aromatic rings. The third-order valence-electron chi connectivity index (χ3n) is 4.46. The highest BCUT2D eigenvalue weighted by Crippen LogP contribution is 2.37.